The summed E-state index contributed by atoms with van der Waals surface area (Å²) in [5, 5.41) is 0. The number of carbonyl (C=O) groups is 3. The van der Waals surface area contributed by atoms with Crippen LogP contribution in [0.1, 0.15) is 310 Å². The summed E-state index contributed by atoms with van der Waals surface area (Å²) in [5.74, 6) is -0.904. The predicted molar refractivity (Wildman–Crippen MR) is 330 cm³/mol. The number of hydrogen-bond acceptors (Lipinski definition) is 6. The van der Waals surface area contributed by atoms with E-state index in [0.717, 1.165) is 116 Å². The zero-order valence-electron chi connectivity index (χ0n) is 50.0. The van der Waals surface area contributed by atoms with E-state index < -0.39 is 6.10 Å². The van der Waals surface area contributed by atoms with Crippen LogP contribution in [0, 0.1) is 0 Å². The summed E-state index contributed by atoms with van der Waals surface area (Å²) >= 11 is 0. The molecular formula is C70H120O6. The van der Waals surface area contributed by atoms with E-state index in [1.807, 2.05) is 0 Å². The third-order valence-electron chi connectivity index (χ3n) is 13.8. The van der Waals surface area contributed by atoms with E-state index >= 15 is 0 Å². The molecular weight excluding hydrogens is 937 g/mol. The van der Waals surface area contributed by atoms with Gasteiger partial charge in [0.2, 0.25) is 0 Å². The van der Waals surface area contributed by atoms with Crippen molar-refractivity contribution in [2.24, 2.45) is 0 Å². The highest BCUT2D eigenvalue weighted by Crippen LogP contribution is 2.16. The average molecular weight is 1060 g/mol. The molecule has 0 aromatic carbocycles. The molecule has 0 aliphatic heterocycles. The van der Waals surface area contributed by atoms with Crippen molar-refractivity contribution in [2.75, 3.05) is 13.2 Å². The molecule has 0 aliphatic rings. The molecule has 76 heavy (non-hydrogen) atoms. The fourth-order valence-electron chi connectivity index (χ4n) is 8.97. The molecule has 0 saturated heterocycles. The SMILES string of the molecule is CC/C=C\C/C=C\C/C=C\C/C=C\CCCCCCCCC(=O)OC(COC(=O)CCCCCCCCC/C=C\C/C=C\CCCCCC)COC(=O)CCCCCCCCCCC/C=C\C/C=C\CCCCCCC. The number of allylic oxidation sites excluding steroid dienone is 16. The lowest BCUT2D eigenvalue weighted by Crippen LogP contribution is -2.30. The first kappa shape index (κ1) is 72.3. The number of unbranched alkanes of at least 4 members (excludes halogenated alkanes) is 31. The van der Waals surface area contributed by atoms with Crippen LogP contribution >= 0.6 is 0 Å². The highest BCUT2D eigenvalue weighted by Gasteiger charge is 2.19. The van der Waals surface area contributed by atoms with Crippen LogP contribution in [0.15, 0.2) is 97.2 Å². The van der Waals surface area contributed by atoms with Gasteiger partial charge >= 0.3 is 17.9 Å². The summed E-state index contributed by atoms with van der Waals surface area (Å²) in [6, 6.07) is 0. The van der Waals surface area contributed by atoms with Crippen molar-refractivity contribution in [3.8, 4) is 0 Å². The van der Waals surface area contributed by atoms with Gasteiger partial charge in [-0.3, -0.25) is 14.4 Å². The van der Waals surface area contributed by atoms with E-state index in [0.29, 0.717) is 19.3 Å². The van der Waals surface area contributed by atoms with Crippen LogP contribution in [-0.4, -0.2) is 37.2 Å². The molecule has 0 aliphatic carbocycles. The Labute approximate surface area is 470 Å². The van der Waals surface area contributed by atoms with Crippen LogP contribution in [0.5, 0.6) is 0 Å². The third-order valence-corrected chi connectivity index (χ3v) is 13.8. The Morgan fingerprint density at radius 2 is 0.513 bits per heavy atom. The first-order chi connectivity index (χ1) is 37.5. The molecule has 0 radical (unpaired) electrons. The van der Waals surface area contributed by atoms with Gasteiger partial charge in [-0.1, -0.05) is 266 Å². The topological polar surface area (TPSA) is 78.9 Å². The standard InChI is InChI=1S/C70H120O6/c1-4-7-10-13-16-19-22-25-28-31-34-35-37-39-42-45-48-51-54-57-60-63-69(72)75-66-67(65-74-68(71)62-59-56-53-50-47-44-41-38-33-30-27-24-21-18-15-12-9-6-3)76-70(73)64-61-58-55-52-49-46-43-40-36-32-29-26-23-20-17-14-11-8-5-2/h8,11,17,20-22,24-26,29-31,33-34,36,40,67H,4-7,9-10,12-16,18-19,23,27-28,32,35,37-39,41-66H2,1-3H3/b11-8-,20-17-,24-21-,25-22-,29-26-,33-30-,34-31-,40-36-. The maximum Gasteiger partial charge on any atom is 0.306 e. The number of rotatable bonds is 58. The van der Waals surface area contributed by atoms with Crippen molar-refractivity contribution in [3.63, 3.8) is 0 Å². The monoisotopic (exact) mass is 1060 g/mol. The smallest absolute Gasteiger partial charge is 0.306 e. The van der Waals surface area contributed by atoms with Gasteiger partial charge in [0.05, 0.1) is 0 Å². The van der Waals surface area contributed by atoms with Gasteiger partial charge in [-0.2, -0.15) is 0 Å². The second-order valence-electron chi connectivity index (χ2n) is 21.3. The molecule has 0 aromatic heterocycles. The fraction of sp³-hybridized carbons (Fsp3) is 0.729. The van der Waals surface area contributed by atoms with Crippen LogP contribution in [-0.2, 0) is 28.6 Å². The summed E-state index contributed by atoms with van der Waals surface area (Å²) in [6.45, 7) is 6.51. The van der Waals surface area contributed by atoms with Crippen molar-refractivity contribution >= 4 is 17.9 Å². The minimum Gasteiger partial charge on any atom is -0.462 e. The predicted octanol–water partition coefficient (Wildman–Crippen LogP) is 22.0. The van der Waals surface area contributed by atoms with Crippen LogP contribution in [0.4, 0.5) is 0 Å². The highest BCUT2D eigenvalue weighted by atomic mass is 16.6. The van der Waals surface area contributed by atoms with Crippen LogP contribution in [0.3, 0.4) is 0 Å². The third kappa shape index (κ3) is 61.2. The van der Waals surface area contributed by atoms with E-state index in [9.17, 15) is 14.4 Å². The number of carbonyl (C=O) groups excluding carboxylic acids is 3. The molecule has 1 unspecified atom stereocenters. The van der Waals surface area contributed by atoms with Gasteiger partial charge in [0.15, 0.2) is 6.10 Å². The number of ether oxygens (including phenoxy) is 3. The largest absolute Gasteiger partial charge is 0.462 e. The number of hydrogen-bond donors (Lipinski definition) is 0. The van der Waals surface area contributed by atoms with E-state index in [4.69, 9.17) is 14.2 Å². The Morgan fingerprint density at radius 3 is 0.816 bits per heavy atom. The Morgan fingerprint density at radius 1 is 0.276 bits per heavy atom. The maximum atomic E-state index is 12.9. The molecule has 0 heterocycles. The zero-order valence-corrected chi connectivity index (χ0v) is 50.0. The first-order valence-corrected chi connectivity index (χ1v) is 32.2. The lowest BCUT2D eigenvalue weighted by Gasteiger charge is -2.18. The summed E-state index contributed by atoms with van der Waals surface area (Å²) < 4.78 is 16.9. The van der Waals surface area contributed by atoms with Crippen molar-refractivity contribution < 1.29 is 28.6 Å². The van der Waals surface area contributed by atoms with Crippen LogP contribution < -0.4 is 0 Å². The summed E-state index contributed by atoms with van der Waals surface area (Å²) in [5.41, 5.74) is 0. The second kappa shape index (κ2) is 63.9. The number of esters is 3. The van der Waals surface area contributed by atoms with Crippen LogP contribution in [0.25, 0.3) is 0 Å². The van der Waals surface area contributed by atoms with Crippen molar-refractivity contribution in [1.29, 1.82) is 0 Å². The van der Waals surface area contributed by atoms with Gasteiger partial charge in [-0.25, -0.2) is 0 Å². The normalized spacial score (nSPS) is 12.7. The molecule has 0 rings (SSSR count). The van der Waals surface area contributed by atoms with Gasteiger partial charge in [-0.15, -0.1) is 0 Å². The van der Waals surface area contributed by atoms with Crippen molar-refractivity contribution in [3.05, 3.63) is 97.2 Å². The molecule has 0 fully saturated rings. The van der Waals surface area contributed by atoms with E-state index in [1.165, 1.54) is 154 Å². The van der Waals surface area contributed by atoms with Gasteiger partial charge in [0.1, 0.15) is 13.2 Å². The zero-order chi connectivity index (χ0) is 55.0. The molecule has 0 amide bonds. The Bertz CT molecular complexity index is 1490. The van der Waals surface area contributed by atoms with E-state index in [1.54, 1.807) is 0 Å². The van der Waals surface area contributed by atoms with Gasteiger partial charge in [-0.05, 0) is 122 Å². The Kier molecular flexibility index (Phi) is 60.8. The molecule has 0 N–H and O–H groups in total. The lowest BCUT2D eigenvalue weighted by atomic mass is 10.1. The van der Waals surface area contributed by atoms with E-state index in [2.05, 4.69) is 118 Å². The summed E-state index contributed by atoms with van der Waals surface area (Å²) in [6.07, 6.45) is 85.4. The summed E-state index contributed by atoms with van der Waals surface area (Å²) in [4.78, 5) is 38.4. The average Bonchev–Trinajstić information content (AvgIpc) is 3.42. The van der Waals surface area contributed by atoms with Crippen LogP contribution in [0.2, 0.25) is 0 Å². The van der Waals surface area contributed by atoms with Gasteiger partial charge in [0, 0.05) is 19.3 Å². The van der Waals surface area contributed by atoms with E-state index in [-0.39, 0.29) is 31.1 Å². The van der Waals surface area contributed by atoms with Gasteiger partial charge < -0.3 is 14.2 Å². The molecule has 0 aromatic rings. The molecule has 436 valence electrons. The second-order valence-corrected chi connectivity index (χ2v) is 21.3. The summed E-state index contributed by atoms with van der Waals surface area (Å²) in [7, 11) is 0. The maximum absolute atomic E-state index is 12.9. The molecule has 0 spiro atoms. The first-order valence-electron chi connectivity index (χ1n) is 32.2. The quantitative estimate of drug-likeness (QED) is 0.0261. The molecule has 6 heteroatoms. The molecule has 6 nitrogen and oxygen atoms in total. The van der Waals surface area contributed by atoms with Gasteiger partial charge in [0.25, 0.3) is 0 Å². The molecule has 0 saturated carbocycles. The van der Waals surface area contributed by atoms with Crippen molar-refractivity contribution in [2.45, 2.75) is 316 Å². The minimum atomic E-state index is -0.793. The Hall–Kier alpha value is -3.67. The lowest BCUT2D eigenvalue weighted by molar-refractivity contribution is -0.167. The fourth-order valence-corrected chi connectivity index (χ4v) is 8.97. The minimum absolute atomic E-state index is 0.0880. The van der Waals surface area contributed by atoms with Crippen molar-refractivity contribution in [1.82, 2.24) is 0 Å². The highest BCUT2D eigenvalue weighted by molar-refractivity contribution is 5.71. The molecule has 1 atom stereocenters. The molecule has 0 bridgehead atoms. The Balaban J connectivity index is 4.43.